The van der Waals surface area contributed by atoms with Crippen LogP contribution in [0.15, 0.2) is 22.6 Å². The Labute approximate surface area is 104 Å². The summed E-state index contributed by atoms with van der Waals surface area (Å²) in [6.07, 6.45) is 1.46. The fourth-order valence-corrected chi connectivity index (χ4v) is 1.68. The smallest absolute Gasteiger partial charge is 0.248 e. The molecule has 0 fully saturated rings. The summed E-state index contributed by atoms with van der Waals surface area (Å²) in [5, 5.41) is 7.87. The summed E-state index contributed by atoms with van der Waals surface area (Å²) >= 11 is 5.59. The zero-order chi connectivity index (χ0) is 12.3. The number of rotatable bonds is 4. The van der Waals surface area contributed by atoms with Gasteiger partial charge in [0.15, 0.2) is 0 Å². The van der Waals surface area contributed by atoms with E-state index in [1.54, 1.807) is 13.0 Å². The number of aryl methyl sites for hydroxylation is 2. The molecule has 0 saturated heterocycles. The van der Waals surface area contributed by atoms with Crippen LogP contribution in [0.3, 0.4) is 0 Å². The first-order valence-electron chi connectivity index (χ1n) is 5.35. The number of halogens is 2. The third kappa shape index (κ3) is 2.82. The van der Waals surface area contributed by atoms with E-state index in [1.165, 1.54) is 12.1 Å². The molecule has 0 spiro atoms. The molecule has 5 heteroatoms. The van der Waals surface area contributed by atoms with E-state index in [4.69, 9.17) is 16.0 Å². The molecule has 2 rings (SSSR count). The summed E-state index contributed by atoms with van der Waals surface area (Å²) < 4.78 is 18.4. The highest BCUT2D eigenvalue weighted by atomic mass is 35.5. The number of hydrogen-bond acceptors (Lipinski definition) is 3. The highest BCUT2D eigenvalue weighted by Gasteiger charge is 2.11. The SMILES string of the molecule is Cc1cc(F)ccc1-c1nnc(CCCCl)o1. The maximum Gasteiger partial charge on any atom is 0.248 e. The lowest BCUT2D eigenvalue weighted by Gasteiger charge is -1.99. The summed E-state index contributed by atoms with van der Waals surface area (Å²) in [6, 6.07) is 4.46. The van der Waals surface area contributed by atoms with Gasteiger partial charge in [0.2, 0.25) is 11.8 Å². The van der Waals surface area contributed by atoms with Crippen LogP contribution in [0.5, 0.6) is 0 Å². The Morgan fingerprint density at radius 1 is 1.35 bits per heavy atom. The summed E-state index contributed by atoms with van der Waals surface area (Å²) in [5.74, 6) is 1.28. The van der Waals surface area contributed by atoms with Gasteiger partial charge in [-0.15, -0.1) is 21.8 Å². The fourth-order valence-electron chi connectivity index (χ4n) is 1.55. The van der Waals surface area contributed by atoms with Gasteiger partial charge in [-0.25, -0.2) is 4.39 Å². The third-order valence-electron chi connectivity index (χ3n) is 2.41. The molecule has 0 aliphatic heterocycles. The molecule has 1 heterocycles. The van der Waals surface area contributed by atoms with Gasteiger partial charge < -0.3 is 4.42 Å². The monoisotopic (exact) mass is 254 g/mol. The minimum atomic E-state index is -0.270. The minimum Gasteiger partial charge on any atom is -0.421 e. The van der Waals surface area contributed by atoms with E-state index in [9.17, 15) is 4.39 Å². The summed E-state index contributed by atoms with van der Waals surface area (Å²) in [7, 11) is 0. The second-order valence-corrected chi connectivity index (χ2v) is 4.13. The molecule has 3 nitrogen and oxygen atoms in total. The number of nitrogens with zero attached hydrogens (tertiary/aromatic N) is 2. The molecule has 1 aromatic carbocycles. The zero-order valence-electron chi connectivity index (χ0n) is 9.41. The van der Waals surface area contributed by atoms with Crippen molar-refractivity contribution < 1.29 is 8.81 Å². The predicted octanol–water partition coefficient (Wildman–Crippen LogP) is 3.36. The van der Waals surface area contributed by atoms with E-state index in [2.05, 4.69) is 10.2 Å². The van der Waals surface area contributed by atoms with Crippen LogP contribution in [0.1, 0.15) is 17.9 Å². The molecule has 0 amide bonds. The van der Waals surface area contributed by atoms with Crippen molar-refractivity contribution in [3.63, 3.8) is 0 Å². The van der Waals surface area contributed by atoms with Crippen molar-refractivity contribution in [3.8, 4) is 11.5 Å². The molecule has 1 aromatic heterocycles. The number of benzene rings is 1. The van der Waals surface area contributed by atoms with E-state index >= 15 is 0 Å². The Bertz CT molecular complexity index is 513. The van der Waals surface area contributed by atoms with Crippen molar-refractivity contribution in [2.75, 3.05) is 5.88 Å². The van der Waals surface area contributed by atoms with Gasteiger partial charge in [0, 0.05) is 17.9 Å². The molecule has 2 aromatic rings. The Morgan fingerprint density at radius 3 is 2.88 bits per heavy atom. The van der Waals surface area contributed by atoms with Crippen LogP contribution < -0.4 is 0 Å². The minimum absolute atomic E-state index is 0.270. The van der Waals surface area contributed by atoms with E-state index in [0.29, 0.717) is 24.1 Å². The summed E-state index contributed by atoms with van der Waals surface area (Å²) in [5.41, 5.74) is 1.54. The van der Waals surface area contributed by atoms with Gasteiger partial charge in [-0.05, 0) is 37.1 Å². The Hall–Kier alpha value is -1.42. The van der Waals surface area contributed by atoms with Crippen LogP contribution in [-0.4, -0.2) is 16.1 Å². The lowest BCUT2D eigenvalue weighted by Crippen LogP contribution is -1.85. The molecular weight excluding hydrogens is 243 g/mol. The van der Waals surface area contributed by atoms with Crippen molar-refractivity contribution in [2.45, 2.75) is 19.8 Å². The number of alkyl halides is 1. The molecule has 0 aliphatic carbocycles. The molecule has 17 heavy (non-hydrogen) atoms. The van der Waals surface area contributed by atoms with Crippen molar-refractivity contribution in [2.24, 2.45) is 0 Å². The van der Waals surface area contributed by atoms with Gasteiger partial charge in [0.25, 0.3) is 0 Å². The maximum atomic E-state index is 13.0. The van der Waals surface area contributed by atoms with Crippen LogP contribution >= 0.6 is 11.6 Å². The van der Waals surface area contributed by atoms with E-state index < -0.39 is 0 Å². The van der Waals surface area contributed by atoms with E-state index in [1.807, 2.05) is 0 Å². The summed E-state index contributed by atoms with van der Waals surface area (Å²) in [4.78, 5) is 0. The van der Waals surface area contributed by atoms with Crippen LogP contribution in [0.2, 0.25) is 0 Å². The lowest BCUT2D eigenvalue weighted by atomic mass is 10.1. The first-order chi connectivity index (χ1) is 8.20. The number of aromatic nitrogens is 2. The van der Waals surface area contributed by atoms with Gasteiger partial charge in [-0.2, -0.15) is 0 Å². The molecule has 0 bridgehead atoms. The van der Waals surface area contributed by atoms with E-state index in [0.717, 1.165) is 17.5 Å². The van der Waals surface area contributed by atoms with Crippen molar-refractivity contribution in [1.82, 2.24) is 10.2 Å². The predicted molar refractivity (Wildman–Crippen MR) is 63.5 cm³/mol. The van der Waals surface area contributed by atoms with Crippen molar-refractivity contribution in [3.05, 3.63) is 35.5 Å². The Kier molecular flexibility index (Phi) is 3.74. The van der Waals surface area contributed by atoms with Crippen LogP contribution in [0.4, 0.5) is 4.39 Å². The van der Waals surface area contributed by atoms with E-state index in [-0.39, 0.29) is 5.82 Å². The highest BCUT2D eigenvalue weighted by molar-refractivity contribution is 6.17. The maximum absolute atomic E-state index is 13.0. The van der Waals surface area contributed by atoms with Gasteiger partial charge in [-0.3, -0.25) is 0 Å². The molecular formula is C12H12ClFN2O. The lowest BCUT2D eigenvalue weighted by molar-refractivity contribution is 0.502. The number of hydrogen-bond donors (Lipinski definition) is 0. The van der Waals surface area contributed by atoms with Crippen LogP contribution in [0.25, 0.3) is 11.5 Å². The summed E-state index contributed by atoms with van der Waals surface area (Å²) in [6.45, 7) is 1.81. The van der Waals surface area contributed by atoms with Gasteiger partial charge in [-0.1, -0.05) is 0 Å². The quantitative estimate of drug-likeness (QED) is 0.786. The first-order valence-corrected chi connectivity index (χ1v) is 5.89. The molecule has 0 atom stereocenters. The van der Waals surface area contributed by atoms with Crippen LogP contribution in [0, 0.1) is 12.7 Å². The van der Waals surface area contributed by atoms with Gasteiger partial charge in [0.05, 0.1) is 0 Å². The van der Waals surface area contributed by atoms with Crippen molar-refractivity contribution in [1.29, 1.82) is 0 Å². The second-order valence-electron chi connectivity index (χ2n) is 3.75. The Balaban J connectivity index is 2.24. The van der Waals surface area contributed by atoms with Crippen LogP contribution in [-0.2, 0) is 6.42 Å². The largest absolute Gasteiger partial charge is 0.421 e. The molecule has 0 radical (unpaired) electrons. The molecule has 90 valence electrons. The topological polar surface area (TPSA) is 38.9 Å². The highest BCUT2D eigenvalue weighted by Crippen LogP contribution is 2.22. The van der Waals surface area contributed by atoms with Gasteiger partial charge >= 0.3 is 0 Å². The van der Waals surface area contributed by atoms with Gasteiger partial charge in [0.1, 0.15) is 5.82 Å². The molecule has 0 N–H and O–H groups in total. The first kappa shape index (κ1) is 12.0. The Morgan fingerprint density at radius 2 is 2.18 bits per heavy atom. The third-order valence-corrected chi connectivity index (χ3v) is 2.68. The average molecular weight is 255 g/mol. The van der Waals surface area contributed by atoms with Crippen molar-refractivity contribution >= 4 is 11.6 Å². The average Bonchev–Trinajstić information content (AvgIpc) is 2.75. The molecule has 0 unspecified atom stereocenters. The molecule has 0 aliphatic rings. The normalized spacial score (nSPS) is 10.8. The standard InChI is InChI=1S/C12H12ClFN2O/c1-8-7-9(14)4-5-10(8)12-16-15-11(17-12)3-2-6-13/h4-5,7H,2-3,6H2,1H3. The molecule has 0 saturated carbocycles. The fraction of sp³-hybridized carbons (Fsp3) is 0.333. The second kappa shape index (κ2) is 5.27. The zero-order valence-corrected chi connectivity index (χ0v) is 10.2.